The third-order valence-electron chi connectivity index (χ3n) is 4.01. The van der Waals surface area contributed by atoms with Crippen molar-refractivity contribution in [2.75, 3.05) is 0 Å². The van der Waals surface area contributed by atoms with Crippen LogP contribution in [0.25, 0.3) is 0 Å². The van der Waals surface area contributed by atoms with E-state index in [0.29, 0.717) is 17.2 Å². The highest BCUT2D eigenvalue weighted by atomic mass is 16.3. The topological polar surface area (TPSA) is 83.6 Å². The molecule has 0 saturated carbocycles. The van der Waals surface area contributed by atoms with Gasteiger partial charge in [0.05, 0.1) is 17.8 Å². The van der Waals surface area contributed by atoms with Crippen LogP contribution in [-0.2, 0) is 16.1 Å². The zero-order valence-electron chi connectivity index (χ0n) is 13.5. The normalized spacial score (nSPS) is 17.7. The van der Waals surface area contributed by atoms with Crippen LogP contribution in [0.15, 0.2) is 52.3 Å². The second-order valence-electron chi connectivity index (χ2n) is 5.64. The highest BCUT2D eigenvalue weighted by Gasteiger charge is 2.44. The van der Waals surface area contributed by atoms with Gasteiger partial charge in [-0.1, -0.05) is 13.0 Å². The Labute approximate surface area is 139 Å². The summed E-state index contributed by atoms with van der Waals surface area (Å²) in [5.74, 6) is -0.237. The lowest BCUT2D eigenvalue weighted by Gasteiger charge is -2.24. The van der Waals surface area contributed by atoms with Gasteiger partial charge in [0.25, 0.3) is 5.91 Å². The number of hydrogen-bond acceptors (Lipinski definition) is 5. The Morgan fingerprint density at radius 3 is 2.71 bits per heavy atom. The van der Waals surface area contributed by atoms with Gasteiger partial charge in [0.2, 0.25) is 0 Å². The predicted octanol–water partition coefficient (Wildman–Crippen LogP) is 2.86. The number of aliphatic hydroxyl groups is 1. The quantitative estimate of drug-likeness (QED) is 0.913. The molecule has 0 radical (unpaired) electrons. The Kier molecular flexibility index (Phi) is 4.20. The third kappa shape index (κ3) is 2.71. The summed E-state index contributed by atoms with van der Waals surface area (Å²) in [5.41, 5.74) is 0.755. The van der Waals surface area contributed by atoms with Crippen LogP contribution >= 0.6 is 0 Å². The number of nitrogens with zero attached hydrogens (tertiary/aromatic N) is 2. The molecule has 6 heteroatoms. The van der Waals surface area contributed by atoms with Crippen molar-refractivity contribution in [3.8, 4) is 0 Å². The standard InChI is InChI=1S/C18H18N2O4/c1-3-13(21)15-16(14-8-7-11(2)24-14)20(18(23)17(15)22)10-12-6-4-5-9-19-12/h4-9,16,22H,3,10H2,1-2H3. The number of hydrogen-bond donors (Lipinski definition) is 1. The van der Waals surface area contributed by atoms with Gasteiger partial charge in [0.15, 0.2) is 11.5 Å². The van der Waals surface area contributed by atoms with Gasteiger partial charge < -0.3 is 14.4 Å². The number of aryl methyl sites for hydroxylation is 1. The van der Waals surface area contributed by atoms with Crippen molar-refractivity contribution in [2.45, 2.75) is 32.9 Å². The molecule has 1 amide bonds. The van der Waals surface area contributed by atoms with E-state index in [0.717, 1.165) is 0 Å². The molecule has 3 heterocycles. The number of carbonyl (C=O) groups excluding carboxylic acids is 2. The molecular weight excluding hydrogens is 308 g/mol. The van der Waals surface area contributed by atoms with Crippen LogP contribution in [0.2, 0.25) is 0 Å². The second kappa shape index (κ2) is 6.31. The van der Waals surface area contributed by atoms with Crippen molar-refractivity contribution in [3.05, 3.63) is 65.1 Å². The van der Waals surface area contributed by atoms with E-state index < -0.39 is 17.7 Å². The predicted molar refractivity (Wildman–Crippen MR) is 85.9 cm³/mol. The molecular formula is C18H18N2O4. The van der Waals surface area contributed by atoms with Gasteiger partial charge in [-0.15, -0.1) is 0 Å². The molecule has 1 unspecified atom stereocenters. The summed E-state index contributed by atoms with van der Waals surface area (Å²) in [7, 11) is 0. The Hall–Kier alpha value is -2.89. The maximum Gasteiger partial charge on any atom is 0.290 e. The maximum atomic E-state index is 12.5. The fraction of sp³-hybridized carbons (Fsp3) is 0.278. The van der Waals surface area contributed by atoms with E-state index >= 15 is 0 Å². The van der Waals surface area contributed by atoms with Crippen LogP contribution in [0, 0.1) is 6.92 Å². The molecule has 1 atom stereocenters. The van der Waals surface area contributed by atoms with Crippen molar-refractivity contribution in [1.29, 1.82) is 0 Å². The largest absolute Gasteiger partial charge is 0.503 e. The lowest BCUT2D eigenvalue weighted by atomic mass is 10.00. The average molecular weight is 326 g/mol. The summed E-state index contributed by atoms with van der Waals surface area (Å²) in [6, 6.07) is 8.14. The van der Waals surface area contributed by atoms with E-state index in [-0.39, 0.29) is 24.3 Å². The highest BCUT2D eigenvalue weighted by Crippen LogP contribution is 2.39. The van der Waals surface area contributed by atoms with Crippen LogP contribution in [0.3, 0.4) is 0 Å². The molecule has 0 bridgehead atoms. The van der Waals surface area contributed by atoms with Crippen molar-refractivity contribution >= 4 is 11.7 Å². The van der Waals surface area contributed by atoms with E-state index in [1.807, 2.05) is 6.07 Å². The Morgan fingerprint density at radius 2 is 2.12 bits per heavy atom. The number of rotatable bonds is 5. The minimum Gasteiger partial charge on any atom is -0.503 e. The first-order valence-electron chi connectivity index (χ1n) is 7.76. The lowest BCUT2D eigenvalue weighted by Crippen LogP contribution is -2.30. The van der Waals surface area contributed by atoms with E-state index in [2.05, 4.69) is 4.98 Å². The van der Waals surface area contributed by atoms with Crippen molar-refractivity contribution in [3.63, 3.8) is 0 Å². The molecule has 124 valence electrons. The number of Topliss-reactive ketones (excluding diaryl/α,β-unsaturated/α-hetero) is 1. The first-order valence-corrected chi connectivity index (χ1v) is 7.76. The monoisotopic (exact) mass is 326 g/mol. The molecule has 0 aromatic carbocycles. The number of furan rings is 1. The van der Waals surface area contributed by atoms with E-state index in [1.165, 1.54) is 4.90 Å². The molecule has 0 fully saturated rings. The van der Waals surface area contributed by atoms with Crippen LogP contribution < -0.4 is 0 Å². The first kappa shape index (κ1) is 16.0. The lowest BCUT2D eigenvalue weighted by molar-refractivity contribution is -0.130. The minimum atomic E-state index is -0.736. The number of aliphatic hydroxyl groups excluding tert-OH is 1. The van der Waals surface area contributed by atoms with Crippen molar-refractivity contribution in [1.82, 2.24) is 9.88 Å². The smallest absolute Gasteiger partial charge is 0.290 e. The van der Waals surface area contributed by atoms with Gasteiger partial charge in [0.1, 0.15) is 17.6 Å². The number of amides is 1. The van der Waals surface area contributed by atoms with Crippen molar-refractivity contribution in [2.24, 2.45) is 0 Å². The van der Waals surface area contributed by atoms with Gasteiger partial charge in [-0.3, -0.25) is 14.6 Å². The van der Waals surface area contributed by atoms with Crippen LogP contribution in [0.4, 0.5) is 0 Å². The zero-order chi connectivity index (χ0) is 17.3. The van der Waals surface area contributed by atoms with Crippen LogP contribution in [0.1, 0.15) is 36.6 Å². The molecule has 2 aromatic heterocycles. The fourth-order valence-corrected chi connectivity index (χ4v) is 2.85. The van der Waals surface area contributed by atoms with Gasteiger partial charge in [-0.05, 0) is 31.2 Å². The molecule has 0 spiro atoms. The molecule has 0 saturated heterocycles. The number of pyridine rings is 1. The van der Waals surface area contributed by atoms with Gasteiger partial charge in [0, 0.05) is 12.6 Å². The van der Waals surface area contributed by atoms with Crippen LogP contribution in [-0.4, -0.2) is 26.7 Å². The second-order valence-corrected chi connectivity index (χ2v) is 5.64. The third-order valence-corrected chi connectivity index (χ3v) is 4.01. The van der Waals surface area contributed by atoms with Gasteiger partial charge in [-0.2, -0.15) is 0 Å². The Morgan fingerprint density at radius 1 is 1.33 bits per heavy atom. The summed E-state index contributed by atoms with van der Waals surface area (Å²) in [4.78, 5) is 30.5. The van der Waals surface area contributed by atoms with Crippen LogP contribution in [0.5, 0.6) is 0 Å². The summed E-state index contributed by atoms with van der Waals surface area (Å²) >= 11 is 0. The summed E-state index contributed by atoms with van der Waals surface area (Å²) in [5, 5.41) is 10.3. The minimum absolute atomic E-state index is 0.0905. The molecule has 1 aliphatic heterocycles. The molecule has 2 aromatic rings. The average Bonchev–Trinajstić information content (AvgIpc) is 3.12. The SMILES string of the molecule is CCC(=O)C1=C(O)C(=O)N(Cc2ccccn2)C1c1ccc(C)o1. The molecule has 1 N–H and O–H groups in total. The molecule has 6 nitrogen and oxygen atoms in total. The molecule has 3 rings (SSSR count). The first-order chi connectivity index (χ1) is 11.5. The van der Waals surface area contributed by atoms with Crippen molar-refractivity contribution < 1.29 is 19.1 Å². The van der Waals surface area contributed by atoms with Gasteiger partial charge >= 0.3 is 0 Å². The summed E-state index contributed by atoms with van der Waals surface area (Å²) in [6.07, 6.45) is 1.83. The maximum absolute atomic E-state index is 12.5. The Bertz CT molecular complexity index is 807. The highest BCUT2D eigenvalue weighted by molar-refractivity contribution is 6.08. The summed E-state index contributed by atoms with van der Waals surface area (Å²) < 4.78 is 5.65. The van der Waals surface area contributed by atoms with E-state index in [9.17, 15) is 14.7 Å². The fourth-order valence-electron chi connectivity index (χ4n) is 2.85. The van der Waals surface area contributed by atoms with Gasteiger partial charge in [-0.25, -0.2) is 0 Å². The molecule has 0 aliphatic carbocycles. The summed E-state index contributed by atoms with van der Waals surface area (Å²) in [6.45, 7) is 3.65. The Balaban J connectivity index is 2.04. The molecule has 24 heavy (non-hydrogen) atoms. The van der Waals surface area contributed by atoms with E-state index in [1.54, 1.807) is 44.3 Å². The number of aromatic nitrogens is 1. The number of carbonyl (C=O) groups is 2. The zero-order valence-corrected chi connectivity index (χ0v) is 13.5. The number of ketones is 1. The molecule has 1 aliphatic rings. The van der Waals surface area contributed by atoms with E-state index in [4.69, 9.17) is 4.42 Å².